The topological polar surface area (TPSA) is 124 Å². The van der Waals surface area contributed by atoms with E-state index < -0.39 is 6.04 Å². The summed E-state index contributed by atoms with van der Waals surface area (Å²) in [4.78, 5) is 21.3. The zero-order valence-corrected chi connectivity index (χ0v) is 20.9. The number of hydrogen-bond acceptors (Lipinski definition) is 10. The van der Waals surface area contributed by atoms with Crippen molar-refractivity contribution in [2.75, 3.05) is 39.6 Å². The third-order valence-corrected chi connectivity index (χ3v) is 7.60. The molecule has 3 aliphatic heterocycles. The molecule has 198 valence electrons. The fraction of sp³-hybridized carbons (Fsp3) is 0.462. The molecule has 0 saturated carbocycles. The molecule has 12 nitrogen and oxygen atoms in total. The van der Waals surface area contributed by atoms with Crippen LogP contribution >= 0.6 is 0 Å². The molecule has 0 unspecified atom stereocenters. The number of nitrogens with one attached hydrogen (secondary N) is 1. The van der Waals surface area contributed by atoms with Gasteiger partial charge in [0.05, 0.1) is 31.0 Å². The van der Waals surface area contributed by atoms with Gasteiger partial charge in [-0.05, 0) is 47.5 Å². The minimum Gasteiger partial charge on any atom is -0.468 e. The molecule has 2 saturated heterocycles. The summed E-state index contributed by atoms with van der Waals surface area (Å²) in [5.41, 5.74) is 1.12. The second-order valence-electron chi connectivity index (χ2n) is 9.99. The highest BCUT2D eigenvalue weighted by atomic mass is 16.7. The van der Waals surface area contributed by atoms with E-state index >= 15 is 0 Å². The summed E-state index contributed by atoms with van der Waals surface area (Å²) in [6.07, 6.45) is 3.77. The Kier molecular flexibility index (Phi) is 6.06. The fourth-order valence-electron chi connectivity index (χ4n) is 5.64. The predicted octanol–water partition coefficient (Wildman–Crippen LogP) is 1.92. The number of piperazine rings is 1. The molecule has 2 atom stereocenters. The molecule has 0 radical (unpaired) electrons. The van der Waals surface area contributed by atoms with E-state index in [9.17, 15) is 4.79 Å². The Hall–Kier alpha value is -3.74. The van der Waals surface area contributed by atoms with E-state index in [1.807, 2.05) is 30.3 Å². The molecule has 3 aliphatic rings. The summed E-state index contributed by atoms with van der Waals surface area (Å²) in [6, 6.07) is 9.14. The minimum atomic E-state index is -0.421. The predicted molar refractivity (Wildman–Crippen MR) is 135 cm³/mol. The number of nitrogens with zero attached hydrogens (tertiary/aromatic N) is 6. The van der Waals surface area contributed by atoms with Crippen molar-refractivity contribution in [3.05, 3.63) is 64.1 Å². The summed E-state index contributed by atoms with van der Waals surface area (Å²) < 4.78 is 24.3. The lowest BCUT2D eigenvalue weighted by Crippen LogP contribution is -2.48. The number of aromatic amines is 1. The number of hydrogen-bond donors (Lipinski definition) is 1. The van der Waals surface area contributed by atoms with Crippen LogP contribution in [0.15, 0.2) is 45.8 Å². The average molecular weight is 520 g/mol. The van der Waals surface area contributed by atoms with E-state index in [0.717, 1.165) is 63.3 Å². The van der Waals surface area contributed by atoms with E-state index in [2.05, 4.69) is 30.3 Å². The third kappa shape index (κ3) is 4.44. The molecule has 0 spiro atoms. The zero-order valence-electron chi connectivity index (χ0n) is 20.9. The molecule has 6 heterocycles. The van der Waals surface area contributed by atoms with Gasteiger partial charge < -0.3 is 23.6 Å². The Bertz CT molecular complexity index is 1470. The van der Waals surface area contributed by atoms with E-state index in [1.165, 1.54) is 0 Å². The standard InChI is InChI=1S/C26H29N7O5/c34-26-20(11-17-12-22-23(38-16-37-22)13-21(17)27-26)24(25-28-29-30-33(25)15-19-4-2-10-36-19)32-7-5-31(6-8-32)14-18-3-1-9-35-18/h1,3,9,11-13,19,24H,2,4-8,10,14-16H2,(H,27,34)/t19-,24-/m1/s1. The molecule has 38 heavy (non-hydrogen) atoms. The summed E-state index contributed by atoms with van der Waals surface area (Å²) >= 11 is 0. The molecule has 0 bridgehead atoms. The van der Waals surface area contributed by atoms with Crippen molar-refractivity contribution in [3.8, 4) is 11.5 Å². The maximum atomic E-state index is 13.6. The van der Waals surface area contributed by atoms with Crippen LogP contribution in [0.2, 0.25) is 0 Å². The van der Waals surface area contributed by atoms with Crippen LogP contribution in [0.3, 0.4) is 0 Å². The van der Waals surface area contributed by atoms with Crippen LogP contribution in [0.4, 0.5) is 0 Å². The van der Waals surface area contributed by atoms with Gasteiger partial charge in [0.15, 0.2) is 17.3 Å². The van der Waals surface area contributed by atoms with Gasteiger partial charge in [-0.15, -0.1) is 5.10 Å². The Labute approximate surface area is 218 Å². The minimum absolute atomic E-state index is 0.0673. The van der Waals surface area contributed by atoms with Crippen LogP contribution in [-0.2, 0) is 17.8 Å². The lowest BCUT2D eigenvalue weighted by Gasteiger charge is -2.38. The first-order valence-electron chi connectivity index (χ1n) is 13.0. The first-order chi connectivity index (χ1) is 18.7. The number of fused-ring (bicyclic) bond motifs is 2. The first kappa shape index (κ1) is 23.4. The molecular formula is C26H29N7O5. The van der Waals surface area contributed by atoms with Gasteiger partial charge >= 0.3 is 0 Å². The molecule has 2 fully saturated rings. The largest absolute Gasteiger partial charge is 0.468 e. The Morgan fingerprint density at radius 2 is 1.97 bits per heavy atom. The van der Waals surface area contributed by atoms with Crippen LogP contribution in [0, 0.1) is 0 Å². The van der Waals surface area contributed by atoms with Gasteiger partial charge in [-0.25, -0.2) is 4.68 Å². The Balaban J connectivity index is 1.24. The molecule has 7 rings (SSSR count). The molecule has 0 aliphatic carbocycles. The van der Waals surface area contributed by atoms with E-state index in [-0.39, 0.29) is 18.5 Å². The molecule has 1 aromatic carbocycles. The average Bonchev–Trinajstić information content (AvgIpc) is 3.74. The Morgan fingerprint density at radius 3 is 2.76 bits per heavy atom. The number of ether oxygens (including phenoxy) is 3. The Morgan fingerprint density at radius 1 is 1.11 bits per heavy atom. The van der Waals surface area contributed by atoms with Gasteiger partial charge in [0.2, 0.25) is 6.79 Å². The van der Waals surface area contributed by atoms with Crippen LogP contribution in [-0.4, -0.2) is 80.7 Å². The van der Waals surface area contributed by atoms with Crippen LogP contribution in [0.25, 0.3) is 10.9 Å². The number of tetrazole rings is 1. The highest BCUT2D eigenvalue weighted by molar-refractivity contribution is 5.83. The molecule has 1 N–H and O–H groups in total. The summed E-state index contributed by atoms with van der Waals surface area (Å²) in [6.45, 7) is 5.39. The lowest BCUT2D eigenvalue weighted by atomic mass is 10.0. The maximum absolute atomic E-state index is 13.6. The number of H-pyrrole nitrogens is 1. The number of rotatable bonds is 7. The van der Waals surface area contributed by atoms with Gasteiger partial charge in [0.1, 0.15) is 11.8 Å². The van der Waals surface area contributed by atoms with Gasteiger partial charge in [-0.3, -0.25) is 14.6 Å². The van der Waals surface area contributed by atoms with Gasteiger partial charge in [0, 0.05) is 49.8 Å². The molecule has 0 amide bonds. The van der Waals surface area contributed by atoms with Crippen molar-refractivity contribution in [1.29, 1.82) is 0 Å². The third-order valence-electron chi connectivity index (χ3n) is 7.60. The van der Waals surface area contributed by atoms with Crippen LogP contribution < -0.4 is 15.0 Å². The van der Waals surface area contributed by atoms with Crippen LogP contribution in [0.1, 0.15) is 36.0 Å². The number of aromatic nitrogens is 5. The molecule has 12 heteroatoms. The van der Waals surface area contributed by atoms with Crippen molar-refractivity contribution in [3.63, 3.8) is 0 Å². The lowest BCUT2D eigenvalue weighted by molar-refractivity contribution is 0.0825. The monoisotopic (exact) mass is 519 g/mol. The molecule has 4 aromatic rings. The van der Waals surface area contributed by atoms with Crippen molar-refractivity contribution < 1.29 is 18.6 Å². The molecular weight excluding hydrogens is 490 g/mol. The van der Waals surface area contributed by atoms with E-state index in [1.54, 1.807) is 10.9 Å². The highest BCUT2D eigenvalue weighted by Crippen LogP contribution is 2.36. The van der Waals surface area contributed by atoms with Gasteiger partial charge in [-0.2, -0.15) is 0 Å². The first-order valence-corrected chi connectivity index (χ1v) is 13.0. The highest BCUT2D eigenvalue weighted by Gasteiger charge is 2.34. The van der Waals surface area contributed by atoms with Gasteiger partial charge in [-0.1, -0.05) is 0 Å². The van der Waals surface area contributed by atoms with E-state index in [4.69, 9.17) is 18.6 Å². The number of pyridine rings is 1. The quantitative estimate of drug-likeness (QED) is 0.387. The van der Waals surface area contributed by atoms with Crippen molar-refractivity contribution in [2.24, 2.45) is 0 Å². The van der Waals surface area contributed by atoms with Crippen molar-refractivity contribution in [2.45, 2.75) is 38.1 Å². The SMILES string of the molecule is O=c1[nH]c2cc3c(cc2cc1[C@H](c1nnnn1C[C@H]1CCCO1)N1CCN(Cc2ccco2)CC1)OCO3. The maximum Gasteiger partial charge on any atom is 0.253 e. The summed E-state index contributed by atoms with van der Waals surface area (Å²) in [7, 11) is 0. The zero-order chi connectivity index (χ0) is 25.5. The van der Waals surface area contributed by atoms with Crippen LogP contribution in [0.5, 0.6) is 11.5 Å². The van der Waals surface area contributed by atoms with Gasteiger partial charge in [0.25, 0.3) is 5.56 Å². The number of benzene rings is 1. The summed E-state index contributed by atoms with van der Waals surface area (Å²) in [5, 5.41) is 13.6. The smallest absolute Gasteiger partial charge is 0.253 e. The normalized spacial score (nSPS) is 20.9. The second kappa shape index (κ2) is 9.86. The van der Waals surface area contributed by atoms with Crippen molar-refractivity contribution in [1.82, 2.24) is 35.0 Å². The summed E-state index contributed by atoms with van der Waals surface area (Å²) in [5.74, 6) is 2.89. The number of furan rings is 1. The fourth-order valence-corrected chi connectivity index (χ4v) is 5.64. The molecule has 3 aromatic heterocycles. The van der Waals surface area contributed by atoms with Crippen molar-refractivity contribution >= 4 is 10.9 Å². The second-order valence-corrected chi connectivity index (χ2v) is 9.99. The van der Waals surface area contributed by atoms with E-state index in [0.29, 0.717) is 34.9 Å².